The van der Waals surface area contributed by atoms with Gasteiger partial charge in [-0.15, -0.1) is 0 Å². The van der Waals surface area contributed by atoms with Crippen LogP contribution in [0.3, 0.4) is 0 Å². The third-order valence-corrected chi connectivity index (χ3v) is 2.63. The second-order valence-electron chi connectivity index (χ2n) is 3.28. The zero-order chi connectivity index (χ0) is 9.42. The lowest BCUT2D eigenvalue weighted by Gasteiger charge is -1.99. The molecule has 0 bridgehead atoms. The van der Waals surface area contributed by atoms with Crippen LogP contribution in [-0.2, 0) is 6.54 Å². The van der Waals surface area contributed by atoms with Crippen LogP contribution in [-0.4, -0.2) is 4.57 Å². The van der Waals surface area contributed by atoms with Crippen LogP contribution in [0.1, 0.15) is 12.5 Å². The summed E-state index contributed by atoms with van der Waals surface area (Å²) in [4.78, 5) is 0. The van der Waals surface area contributed by atoms with Crippen molar-refractivity contribution in [3.8, 4) is 0 Å². The molecule has 68 valence electrons. The quantitative estimate of drug-likeness (QED) is 0.652. The molecule has 0 aliphatic heterocycles. The summed E-state index contributed by atoms with van der Waals surface area (Å²) in [6.45, 7) is 5.17. The summed E-state index contributed by atoms with van der Waals surface area (Å²) in [7, 11) is 0. The van der Waals surface area contributed by atoms with E-state index < -0.39 is 0 Å². The first kappa shape index (κ1) is 8.64. The molecule has 0 fully saturated rings. The standard InChI is InChI=1S/C11H12ClN/c1-3-13-7-10(12)9-6-8(2)4-5-11(9)13/h4-7H,3H2,1-2H3. The normalized spacial score (nSPS) is 11.0. The Kier molecular flexibility index (Phi) is 2.04. The molecule has 0 N–H and O–H groups in total. The van der Waals surface area contributed by atoms with Crippen LogP contribution in [0.25, 0.3) is 10.9 Å². The Labute approximate surface area is 82.9 Å². The number of hydrogen-bond acceptors (Lipinski definition) is 0. The molecule has 0 radical (unpaired) electrons. The number of fused-ring (bicyclic) bond motifs is 1. The summed E-state index contributed by atoms with van der Waals surface area (Å²) in [6.07, 6.45) is 1.99. The lowest BCUT2D eigenvalue weighted by atomic mass is 10.2. The number of aromatic nitrogens is 1. The van der Waals surface area contributed by atoms with Crippen LogP contribution in [0.15, 0.2) is 24.4 Å². The number of nitrogens with zero attached hydrogens (tertiary/aromatic N) is 1. The molecule has 1 nitrogen and oxygen atoms in total. The Hall–Kier alpha value is -0.950. The molecule has 13 heavy (non-hydrogen) atoms. The van der Waals surface area contributed by atoms with E-state index in [0.29, 0.717) is 0 Å². The number of benzene rings is 1. The van der Waals surface area contributed by atoms with Crippen molar-refractivity contribution in [2.75, 3.05) is 0 Å². The van der Waals surface area contributed by atoms with E-state index in [9.17, 15) is 0 Å². The Morgan fingerprint density at radius 3 is 2.85 bits per heavy atom. The van der Waals surface area contributed by atoms with Gasteiger partial charge in [0.2, 0.25) is 0 Å². The molecular formula is C11H12ClN. The third-order valence-electron chi connectivity index (χ3n) is 2.33. The Bertz CT molecular complexity index is 443. The highest BCUT2D eigenvalue weighted by Crippen LogP contribution is 2.26. The second-order valence-corrected chi connectivity index (χ2v) is 3.69. The van der Waals surface area contributed by atoms with Crippen LogP contribution < -0.4 is 0 Å². The fraction of sp³-hybridized carbons (Fsp3) is 0.273. The van der Waals surface area contributed by atoms with E-state index in [4.69, 9.17) is 11.6 Å². The van der Waals surface area contributed by atoms with Gasteiger partial charge in [-0.05, 0) is 26.0 Å². The average molecular weight is 194 g/mol. The molecule has 1 heterocycles. The zero-order valence-electron chi connectivity index (χ0n) is 7.84. The number of halogens is 1. The summed E-state index contributed by atoms with van der Waals surface area (Å²) in [5, 5.41) is 2.00. The van der Waals surface area contributed by atoms with Gasteiger partial charge < -0.3 is 4.57 Å². The smallest absolute Gasteiger partial charge is 0.0661 e. The summed E-state index contributed by atoms with van der Waals surface area (Å²) < 4.78 is 2.16. The Balaban J connectivity index is 2.80. The fourth-order valence-electron chi connectivity index (χ4n) is 1.63. The van der Waals surface area contributed by atoms with E-state index in [2.05, 4.69) is 36.6 Å². The molecule has 0 aliphatic rings. The number of hydrogen-bond donors (Lipinski definition) is 0. The van der Waals surface area contributed by atoms with Crippen LogP contribution >= 0.6 is 11.6 Å². The Morgan fingerprint density at radius 1 is 1.38 bits per heavy atom. The molecule has 0 aliphatic carbocycles. The van der Waals surface area contributed by atoms with Crippen molar-refractivity contribution < 1.29 is 0 Å². The van der Waals surface area contributed by atoms with E-state index in [-0.39, 0.29) is 0 Å². The van der Waals surface area contributed by atoms with Crippen LogP contribution in [0.5, 0.6) is 0 Å². The molecule has 0 atom stereocenters. The Morgan fingerprint density at radius 2 is 2.15 bits per heavy atom. The van der Waals surface area contributed by atoms with Crippen LogP contribution in [0.4, 0.5) is 0 Å². The minimum Gasteiger partial charge on any atom is -0.346 e. The SMILES string of the molecule is CCn1cc(Cl)c2cc(C)ccc21. The van der Waals surface area contributed by atoms with Gasteiger partial charge in [0.15, 0.2) is 0 Å². The van der Waals surface area contributed by atoms with Gasteiger partial charge in [-0.25, -0.2) is 0 Å². The zero-order valence-corrected chi connectivity index (χ0v) is 8.60. The lowest BCUT2D eigenvalue weighted by molar-refractivity contribution is 0.798. The van der Waals surface area contributed by atoms with Crippen molar-refractivity contribution >= 4 is 22.5 Å². The highest BCUT2D eigenvalue weighted by Gasteiger charge is 2.04. The van der Waals surface area contributed by atoms with Gasteiger partial charge in [-0.1, -0.05) is 23.2 Å². The molecule has 2 rings (SSSR count). The monoisotopic (exact) mass is 193 g/mol. The molecule has 0 saturated heterocycles. The third kappa shape index (κ3) is 1.33. The molecule has 0 saturated carbocycles. The van der Waals surface area contributed by atoms with E-state index in [1.165, 1.54) is 11.1 Å². The topological polar surface area (TPSA) is 4.93 Å². The molecule has 1 aromatic heterocycles. The van der Waals surface area contributed by atoms with Gasteiger partial charge in [0.1, 0.15) is 0 Å². The maximum Gasteiger partial charge on any atom is 0.0661 e. The maximum atomic E-state index is 6.11. The van der Waals surface area contributed by atoms with Gasteiger partial charge in [0, 0.05) is 23.6 Å². The van der Waals surface area contributed by atoms with Gasteiger partial charge in [-0.2, -0.15) is 0 Å². The van der Waals surface area contributed by atoms with Crippen LogP contribution in [0.2, 0.25) is 5.02 Å². The summed E-state index contributed by atoms with van der Waals surface area (Å²) in [5.74, 6) is 0. The minimum atomic E-state index is 0.848. The molecule has 0 amide bonds. The fourth-order valence-corrected chi connectivity index (χ4v) is 1.90. The molecule has 0 unspecified atom stereocenters. The highest BCUT2D eigenvalue weighted by molar-refractivity contribution is 6.35. The van der Waals surface area contributed by atoms with E-state index in [1.54, 1.807) is 0 Å². The van der Waals surface area contributed by atoms with Crippen molar-refractivity contribution in [3.05, 3.63) is 35.0 Å². The van der Waals surface area contributed by atoms with Crippen molar-refractivity contribution in [2.45, 2.75) is 20.4 Å². The van der Waals surface area contributed by atoms with Crippen molar-refractivity contribution in [1.29, 1.82) is 0 Å². The van der Waals surface area contributed by atoms with Gasteiger partial charge in [0.25, 0.3) is 0 Å². The summed E-state index contributed by atoms with van der Waals surface area (Å²) in [6, 6.07) is 6.37. The summed E-state index contributed by atoms with van der Waals surface area (Å²) in [5.41, 5.74) is 2.47. The van der Waals surface area contributed by atoms with Crippen molar-refractivity contribution in [2.24, 2.45) is 0 Å². The summed E-state index contributed by atoms with van der Waals surface area (Å²) >= 11 is 6.11. The van der Waals surface area contributed by atoms with Gasteiger partial charge in [0.05, 0.1) is 5.02 Å². The molecule has 2 aromatic rings. The maximum absolute atomic E-state index is 6.11. The van der Waals surface area contributed by atoms with E-state index >= 15 is 0 Å². The second kappa shape index (κ2) is 3.08. The first-order chi connectivity index (χ1) is 6.22. The predicted molar refractivity (Wildman–Crippen MR) is 57.4 cm³/mol. The number of aryl methyl sites for hydroxylation is 2. The van der Waals surface area contributed by atoms with Crippen molar-refractivity contribution in [3.63, 3.8) is 0 Å². The molecule has 0 spiro atoms. The lowest BCUT2D eigenvalue weighted by Crippen LogP contribution is -1.89. The first-order valence-electron chi connectivity index (χ1n) is 4.47. The highest BCUT2D eigenvalue weighted by atomic mass is 35.5. The minimum absolute atomic E-state index is 0.848. The largest absolute Gasteiger partial charge is 0.346 e. The van der Waals surface area contributed by atoms with Gasteiger partial charge >= 0.3 is 0 Å². The molecule has 1 aromatic carbocycles. The molecular weight excluding hydrogens is 182 g/mol. The van der Waals surface area contributed by atoms with E-state index in [1.807, 2.05) is 6.20 Å². The average Bonchev–Trinajstić information content (AvgIpc) is 2.43. The van der Waals surface area contributed by atoms with Crippen molar-refractivity contribution in [1.82, 2.24) is 4.57 Å². The molecule has 2 heteroatoms. The van der Waals surface area contributed by atoms with Crippen LogP contribution in [0, 0.1) is 6.92 Å². The number of rotatable bonds is 1. The first-order valence-corrected chi connectivity index (χ1v) is 4.85. The van der Waals surface area contributed by atoms with Gasteiger partial charge in [-0.3, -0.25) is 0 Å². The van der Waals surface area contributed by atoms with E-state index in [0.717, 1.165) is 17.0 Å². The predicted octanol–water partition coefficient (Wildman–Crippen LogP) is 3.62.